The van der Waals surface area contributed by atoms with Gasteiger partial charge in [0, 0.05) is 19.1 Å². The van der Waals surface area contributed by atoms with E-state index in [1.54, 1.807) is 6.92 Å². The first-order valence-electron chi connectivity index (χ1n) is 5.32. The summed E-state index contributed by atoms with van der Waals surface area (Å²) in [5.74, 6) is -1.01. The lowest BCUT2D eigenvalue weighted by Crippen LogP contribution is -2.46. The zero-order valence-corrected chi connectivity index (χ0v) is 8.78. The van der Waals surface area contributed by atoms with Crippen molar-refractivity contribution in [1.82, 2.24) is 4.90 Å². The van der Waals surface area contributed by atoms with E-state index in [9.17, 15) is 4.79 Å². The van der Waals surface area contributed by atoms with Crippen molar-refractivity contribution in [2.75, 3.05) is 19.6 Å². The Balaban J connectivity index is 2.44. The quantitative estimate of drug-likeness (QED) is 0.694. The monoisotopic (exact) mass is 200 g/mol. The van der Waals surface area contributed by atoms with E-state index in [0.717, 1.165) is 13.0 Å². The third kappa shape index (κ3) is 2.96. The minimum absolute atomic E-state index is 0.290. The molecule has 4 nitrogen and oxygen atoms in total. The predicted molar refractivity (Wildman–Crippen MR) is 55.1 cm³/mol. The van der Waals surface area contributed by atoms with Gasteiger partial charge in [-0.25, -0.2) is 0 Å². The van der Waals surface area contributed by atoms with Crippen LogP contribution in [0.4, 0.5) is 0 Å². The van der Waals surface area contributed by atoms with E-state index < -0.39 is 5.97 Å². The number of likely N-dealkylation sites (tertiary alicyclic amines) is 1. The number of carboxylic acids is 1. The van der Waals surface area contributed by atoms with Crippen LogP contribution < -0.4 is 5.73 Å². The van der Waals surface area contributed by atoms with Crippen LogP contribution in [0.2, 0.25) is 0 Å². The summed E-state index contributed by atoms with van der Waals surface area (Å²) in [4.78, 5) is 12.9. The first-order valence-corrected chi connectivity index (χ1v) is 5.32. The van der Waals surface area contributed by atoms with Crippen LogP contribution in [-0.2, 0) is 4.79 Å². The maximum Gasteiger partial charge on any atom is 0.307 e. The largest absolute Gasteiger partial charge is 0.481 e. The third-order valence-corrected chi connectivity index (χ3v) is 2.95. The minimum atomic E-state index is -0.716. The van der Waals surface area contributed by atoms with Gasteiger partial charge in [0.2, 0.25) is 0 Å². The summed E-state index contributed by atoms with van der Waals surface area (Å²) < 4.78 is 0. The highest BCUT2D eigenvalue weighted by atomic mass is 16.4. The van der Waals surface area contributed by atoms with Crippen LogP contribution in [0.3, 0.4) is 0 Å². The highest BCUT2D eigenvalue weighted by molar-refractivity contribution is 5.69. The summed E-state index contributed by atoms with van der Waals surface area (Å²) >= 11 is 0. The van der Waals surface area contributed by atoms with E-state index in [-0.39, 0.29) is 5.92 Å². The van der Waals surface area contributed by atoms with Gasteiger partial charge >= 0.3 is 5.97 Å². The molecule has 1 heterocycles. The summed E-state index contributed by atoms with van der Waals surface area (Å²) in [5.41, 5.74) is 5.66. The number of nitrogens with zero attached hydrogens (tertiary/aromatic N) is 1. The second kappa shape index (κ2) is 5.32. The molecule has 2 atom stereocenters. The lowest BCUT2D eigenvalue weighted by atomic mass is 10.0. The molecule has 1 aliphatic rings. The van der Waals surface area contributed by atoms with Crippen LogP contribution in [0.25, 0.3) is 0 Å². The van der Waals surface area contributed by atoms with Gasteiger partial charge in [-0.15, -0.1) is 0 Å². The van der Waals surface area contributed by atoms with E-state index >= 15 is 0 Å². The zero-order valence-electron chi connectivity index (χ0n) is 8.78. The molecular formula is C10H20N2O2. The molecule has 0 aromatic heterocycles. The summed E-state index contributed by atoms with van der Waals surface area (Å²) in [6, 6.07) is 0.394. The van der Waals surface area contributed by atoms with E-state index in [1.165, 1.54) is 12.8 Å². The van der Waals surface area contributed by atoms with Crippen molar-refractivity contribution in [1.29, 1.82) is 0 Å². The minimum Gasteiger partial charge on any atom is -0.481 e. The van der Waals surface area contributed by atoms with Gasteiger partial charge in [0.15, 0.2) is 0 Å². The van der Waals surface area contributed by atoms with E-state index in [2.05, 4.69) is 4.90 Å². The maximum atomic E-state index is 10.7. The van der Waals surface area contributed by atoms with Crippen LogP contribution in [0.5, 0.6) is 0 Å². The van der Waals surface area contributed by atoms with Gasteiger partial charge in [-0.3, -0.25) is 9.69 Å². The second-order valence-corrected chi connectivity index (χ2v) is 4.12. The van der Waals surface area contributed by atoms with Crippen LogP contribution in [0, 0.1) is 5.92 Å². The molecule has 2 unspecified atom stereocenters. The topological polar surface area (TPSA) is 66.6 Å². The summed E-state index contributed by atoms with van der Waals surface area (Å²) in [6.07, 6.45) is 3.51. The number of rotatable bonds is 4. The second-order valence-electron chi connectivity index (χ2n) is 4.12. The Bertz CT molecular complexity index is 197. The molecule has 4 heteroatoms. The number of aliphatic carboxylic acids is 1. The molecule has 3 N–H and O–H groups in total. The Hall–Kier alpha value is -0.610. The normalized spacial score (nSPS) is 26.0. The third-order valence-electron chi connectivity index (χ3n) is 2.95. The average Bonchev–Trinajstić information content (AvgIpc) is 2.18. The fourth-order valence-corrected chi connectivity index (χ4v) is 2.00. The van der Waals surface area contributed by atoms with Gasteiger partial charge in [0.1, 0.15) is 0 Å². The number of carboxylic acid groups (broad SMARTS) is 1. The standard InChI is InChI=1S/C10H20N2O2/c1-8(10(13)14)7-12-5-3-2-4-9(12)6-11/h8-9H,2-7,11H2,1H3,(H,13,14). The van der Waals surface area contributed by atoms with Crippen molar-refractivity contribution < 1.29 is 9.90 Å². The molecule has 0 radical (unpaired) electrons. The molecule has 0 aromatic rings. The smallest absolute Gasteiger partial charge is 0.307 e. The fraction of sp³-hybridized carbons (Fsp3) is 0.900. The molecule has 0 aliphatic carbocycles. The van der Waals surface area contributed by atoms with Crippen molar-refractivity contribution in [3.05, 3.63) is 0 Å². The molecular weight excluding hydrogens is 180 g/mol. The summed E-state index contributed by atoms with van der Waals surface area (Å²) in [7, 11) is 0. The molecule has 1 fully saturated rings. The van der Waals surface area contributed by atoms with Gasteiger partial charge in [0.05, 0.1) is 5.92 Å². The van der Waals surface area contributed by atoms with Gasteiger partial charge in [0.25, 0.3) is 0 Å². The Morgan fingerprint density at radius 2 is 2.36 bits per heavy atom. The van der Waals surface area contributed by atoms with Gasteiger partial charge in [-0.05, 0) is 19.4 Å². The molecule has 0 bridgehead atoms. The van der Waals surface area contributed by atoms with Crippen molar-refractivity contribution in [2.45, 2.75) is 32.2 Å². The molecule has 0 spiro atoms. The van der Waals surface area contributed by atoms with Crippen LogP contribution in [-0.4, -0.2) is 41.7 Å². The Morgan fingerprint density at radius 3 is 2.93 bits per heavy atom. The van der Waals surface area contributed by atoms with Gasteiger partial charge < -0.3 is 10.8 Å². The number of hydrogen-bond acceptors (Lipinski definition) is 3. The molecule has 1 rings (SSSR count). The molecule has 1 saturated heterocycles. The van der Waals surface area contributed by atoms with Crippen molar-refractivity contribution in [3.8, 4) is 0 Å². The van der Waals surface area contributed by atoms with Crippen molar-refractivity contribution in [2.24, 2.45) is 11.7 Å². The molecule has 0 amide bonds. The number of piperidine rings is 1. The zero-order chi connectivity index (χ0) is 10.6. The average molecular weight is 200 g/mol. The lowest BCUT2D eigenvalue weighted by Gasteiger charge is -2.35. The molecule has 82 valence electrons. The Labute approximate surface area is 85.1 Å². The van der Waals surface area contributed by atoms with Gasteiger partial charge in [-0.2, -0.15) is 0 Å². The van der Waals surface area contributed by atoms with E-state index in [4.69, 9.17) is 10.8 Å². The predicted octanol–water partition coefficient (Wildman–Crippen LogP) is 0.520. The maximum absolute atomic E-state index is 10.7. The molecule has 14 heavy (non-hydrogen) atoms. The number of nitrogens with two attached hydrogens (primary N) is 1. The van der Waals surface area contributed by atoms with Crippen molar-refractivity contribution >= 4 is 5.97 Å². The van der Waals surface area contributed by atoms with Crippen LogP contribution in [0.15, 0.2) is 0 Å². The highest BCUT2D eigenvalue weighted by Crippen LogP contribution is 2.17. The first-order chi connectivity index (χ1) is 6.65. The molecule has 0 saturated carbocycles. The van der Waals surface area contributed by atoms with Crippen LogP contribution in [0.1, 0.15) is 26.2 Å². The van der Waals surface area contributed by atoms with E-state index in [1.807, 2.05) is 0 Å². The van der Waals surface area contributed by atoms with Crippen LogP contribution >= 0.6 is 0 Å². The number of hydrogen-bond donors (Lipinski definition) is 2. The highest BCUT2D eigenvalue weighted by Gasteiger charge is 2.24. The summed E-state index contributed by atoms with van der Waals surface area (Å²) in [6.45, 7) is 4.04. The first kappa shape index (κ1) is 11.5. The summed E-state index contributed by atoms with van der Waals surface area (Å²) in [5, 5.41) is 8.81. The lowest BCUT2D eigenvalue weighted by molar-refractivity contribution is -0.142. The van der Waals surface area contributed by atoms with Gasteiger partial charge in [-0.1, -0.05) is 13.3 Å². The Morgan fingerprint density at radius 1 is 1.64 bits per heavy atom. The van der Waals surface area contributed by atoms with Crippen molar-refractivity contribution in [3.63, 3.8) is 0 Å². The molecule has 1 aliphatic heterocycles. The Kier molecular flexibility index (Phi) is 4.35. The fourth-order valence-electron chi connectivity index (χ4n) is 2.00. The number of carbonyl (C=O) groups is 1. The molecule has 0 aromatic carbocycles. The van der Waals surface area contributed by atoms with E-state index in [0.29, 0.717) is 19.1 Å². The SMILES string of the molecule is CC(CN1CCCCC1CN)C(=O)O.